The molecule has 0 saturated heterocycles. The van der Waals surface area contributed by atoms with Crippen molar-refractivity contribution >= 4 is 25.4 Å². The molecule has 21 heavy (non-hydrogen) atoms. The van der Waals surface area contributed by atoms with E-state index in [2.05, 4.69) is 31.3 Å². The number of ether oxygens (including phenoxy) is 2. The monoisotopic (exact) mass is 330 g/mol. The van der Waals surface area contributed by atoms with Crippen molar-refractivity contribution in [1.82, 2.24) is 9.78 Å². The van der Waals surface area contributed by atoms with Crippen molar-refractivity contribution in [3.8, 4) is 0 Å². The number of hydrogen-bond donors (Lipinski definition) is 0. The molecule has 7 heteroatoms. The summed E-state index contributed by atoms with van der Waals surface area (Å²) in [5.74, 6) is 0.346. The minimum absolute atomic E-state index is 0.0530. The van der Waals surface area contributed by atoms with Gasteiger partial charge in [-0.15, -0.1) is 0 Å². The van der Waals surface area contributed by atoms with Crippen LogP contribution in [0.2, 0.25) is 30.7 Å². The average molecular weight is 331 g/mol. The first-order valence-electron chi connectivity index (χ1n) is 6.91. The van der Waals surface area contributed by atoms with Crippen LogP contribution in [0, 0.1) is 0 Å². The molecule has 0 fully saturated rings. The summed E-state index contributed by atoms with van der Waals surface area (Å²) < 4.78 is 12.0. The van der Waals surface area contributed by atoms with E-state index in [1.807, 2.05) is 6.92 Å². The first kappa shape index (κ1) is 17.9. The van der Waals surface area contributed by atoms with Gasteiger partial charge in [0.25, 0.3) is 5.56 Å². The zero-order valence-electron chi connectivity index (χ0n) is 13.1. The van der Waals surface area contributed by atoms with Crippen LogP contribution >= 0.6 is 11.6 Å². The van der Waals surface area contributed by atoms with E-state index < -0.39 is 13.6 Å². The van der Waals surface area contributed by atoms with Crippen LogP contribution in [0.25, 0.3) is 5.76 Å². The zero-order chi connectivity index (χ0) is 16.0. The standard InChI is InChI=1S/C14H23ClN2O3Si/c1-6-20-11(2)12-9-16-17(14(18)13(12)15)10-19-7-8-21(3,4)5/h9H,2,6-8,10H2,1,3-5H3. The topological polar surface area (TPSA) is 53.4 Å². The van der Waals surface area contributed by atoms with E-state index >= 15 is 0 Å². The lowest BCUT2D eigenvalue weighted by Crippen LogP contribution is -2.27. The summed E-state index contributed by atoms with van der Waals surface area (Å²) in [6.07, 6.45) is 1.48. The number of aromatic nitrogens is 2. The number of nitrogens with zero attached hydrogens (tertiary/aromatic N) is 2. The maximum absolute atomic E-state index is 12.1. The molecule has 1 aromatic rings. The first-order chi connectivity index (χ1) is 9.76. The van der Waals surface area contributed by atoms with Crippen LogP contribution in [0.4, 0.5) is 0 Å². The molecule has 0 unspecified atom stereocenters. The third kappa shape index (κ3) is 5.65. The van der Waals surface area contributed by atoms with Gasteiger partial charge in [0.2, 0.25) is 0 Å². The van der Waals surface area contributed by atoms with Gasteiger partial charge in [0, 0.05) is 14.7 Å². The highest BCUT2D eigenvalue weighted by Crippen LogP contribution is 2.19. The highest BCUT2D eigenvalue weighted by atomic mass is 35.5. The maximum Gasteiger partial charge on any atom is 0.288 e. The Hall–Kier alpha value is -1.11. The van der Waals surface area contributed by atoms with Crippen LogP contribution in [0.5, 0.6) is 0 Å². The molecule has 0 aliphatic carbocycles. The van der Waals surface area contributed by atoms with Crippen molar-refractivity contribution in [2.75, 3.05) is 13.2 Å². The van der Waals surface area contributed by atoms with Crippen LogP contribution in [0.15, 0.2) is 17.6 Å². The second kappa shape index (κ2) is 7.77. The van der Waals surface area contributed by atoms with E-state index in [1.54, 1.807) is 0 Å². The summed E-state index contributed by atoms with van der Waals surface area (Å²) in [6, 6.07) is 1.04. The minimum atomic E-state index is -1.14. The quantitative estimate of drug-likeness (QED) is 0.417. The molecular weight excluding hydrogens is 308 g/mol. The molecule has 118 valence electrons. The highest BCUT2D eigenvalue weighted by molar-refractivity contribution is 6.76. The minimum Gasteiger partial charge on any atom is -0.494 e. The largest absolute Gasteiger partial charge is 0.494 e. The summed E-state index contributed by atoms with van der Waals surface area (Å²) in [5, 5.41) is 4.09. The lowest BCUT2D eigenvalue weighted by Gasteiger charge is -2.15. The van der Waals surface area contributed by atoms with Gasteiger partial charge < -0.3 is 9.47 Å². The van der Waals surface area contributed by atoms with E-state index in [0.29, 0.717) is 24.5 Å². The molecule has 0 atom stereocenters. The smallest absolute Gasteiger partial charge is 0.288 e. The van der Waals surface area contributed by atoms with Gasteiger partial charge in [0.15, 0.2) is 0 Å². The number of hydrogen-bond acceptors (Lipinski definition) is 4. The summed E-state index contributed by atoms with van der Waals surface area (Å²) in [7, 11) is -1.14. The molecule has 0 bridgehead atoms. The Morgan fingerprint density at radius 3 is 2.71 bits per heavy atom. The van der Waals surface area contributed by atoms with E-state index in [1.165, 1.54) is 10.9 Å². The fourth-order valence-corrected chi connectivity index (χ4v) is 2.54. The van der Waals surface area contributed by atoms with Crippen molar-refractivity contribution in [2.45, 2.75) is 39.3 Å². The average Bonchev–Trinajstić information content (AvgIpc) is 2.38. The van der Waals surface area contributed by atoms with Gasteiger partial charge in [-0.25, -0.2) is 4.68 Å². The Morgan fingerprint density at radius 2 is 2.14 bits per heavy atom. The molecule has 0 saturated carbocycles. The lowest BCUT2D eigenvalue weighted by atomic mass is 10.3. The van der Waals surface area contributed by atoms with Gasteiger partial charge in [0.1, 0.15) is 17.5 Å². The van der Waals surface area contributed by atoms with Gasteiger partial charge in [-0.05, 0) is 13.0 Å². The molecule has 0 spiro atoms. The van der Waals surface area contributed by atoms with E-state index in [-0.39, 0.29) is 11.8 Å². The maximum atomic E-state index is 12.1. The molecular formula is C14H23ClN2O3Si. The van der Waals surface area contributed by atoms with Crippen molar-refractivity contribution in [1.29, 1.82) is 0 Å². The van der Waals surface area contributed by atoms with Crippen LogP contribution in [0.3, 0.4) is 0 Å². The molecule has 0 radical (unpaired) electrons. The Morgan fingerprint density at radius 1 is 1.48 bits per heavy atom. The van der Waals surface area contributed by atoms with Crippen molar-refractivity contribution in [2.24, 2.45) is 0 Å². The third-order valence-corrected chi connectivity index (χ3v) is 4.88. The van der Waals surface area contributed by atoms with Crippen LogP contribution in [-0.2, 0) is 16.2 Å². The van der Waals surface area contributed by atoms with Gasteiger partial charge in [0.05, 0.1) is 18.4 Å². The Kier molecular flexibility index (Phi) is 6.64. The van der Waals surface area contributed by atoms with Gasteiger partial charge in [-0.2, -0.15) is 5.10 Å². The van der Waals surface area contributed by atoms with E-state index in [9.17, 15) is 4.79 Å². The fraction of sp³-hybridized carbons (Fsp3) is 0.571. The molecule has 0 aliphatic heterocycles. The third-order valence-electron chi connectivity index (χ3n) is 2.81. The number of rotatable bonds is 8. The Labute approximate surface area is 131 Å². The molecule has 1 rings (SSSR count). The second-order valence-electron chi connectivity index (χ2n) is 5.88. The Balaban J connectivity index is 2.72. The second-order valence-corrected chi connectivity index (χ2v) is 11.9. The summed E-state index contributed by atoms with van der Waals surface area (Å²) in [6.45, 7) is 13.5. The van der Waals surface area contributed by atoms with Gasteiger partial charge in [-0.3, -0.25) is 4.79 Å². The predicted molar refractivity (Wildman–Crippen MR) is 88.3 cm³/mol. The van der Waals surface area contributed by atoms with Crippen LogP contribution in [-0.4, -0.2) is 31.1 Å². The van der Waals surface area contributed by atoms with Gasteiger partial charge >= 0.3 is 0 Å². The summed E-state index contributed by atoms with van der Waals surface area (Å²) in [5.41, 5.74) is 0.0184. The lowest BCUT2D eigenvalue weighted by molar-refractivity contribution is 0.0749. The predicted octanol–water partition coefficient (Wildman–Crippen LogP) is 3.22. The normalized spacial score (nSPS) is 11.5. The van der Waals surface area contributed by atoms with Crippen molar-refractivity contribution in [3.63, 3.8) is 0 Å². The van der Waals surface area contributed by atoms with Crippen LogP contribution < -0.4 is 5.56 Å². The summed E-state index contributed by atoms with van der Waals surface area (Å²) in [4.78, 5) is 12.1. The highest BCUT2D eigenvalue weighted by Gasteiger charge is 2.14. The zero-order valence-corrected chi connectivity index (χ0v) is 14.9. The van der Waals surface area contributed by atoms with Crippen molar-refractivity contribution < 1.29 is 9.47 Å². The summed E-state index contributed by atoms with van der Waals surface area (Å²) >= 11 is 6.05. The molecule has 5 nitrogen and oxygen atoms in total. The van der Waals surface area contributed by atoms with Gasteiger partial charge in [-0.1, -0.05) is 37.8 Å². The molecule has 0 N–H and O–H groups in total. The molecule has 0 amide bonds. The Bertz CT molecular complexity index is 552. The molecule has 0 aromatic carbocycles. The first-order valence-corrected chi connectivity index (χ1v) is 11.0. The number of halogens is 1. The molecule has 1 heterocycles. The van der Waals surface area contributed by atoms with Crippen LogP contribution in [0.1, 0.15) is 12.5 Å². The molecule has 0 aliphatic rings. The SMILES string of the molecule is C=C(OCC)c1cnn(COCC[Si](C)(C)C)c(=O)c1Cl. The fourth-order valence-electron chi connectivity index (χ4n) is 1.53. The van der Waals surface area contributed by atoms with Crippen molar-refractivity contribution in [3.05, 3.63) is 33.7 Å². The van der Waals surface area contributed by atoms with E-state index in [0.717, 1.165) is 6.04 Å². The van der Waals surface area contributed by atoms with E-state index in [4.69, 9.17) is 21.1 Å². The molecule has 1 aromatic heterocycles.